The maximum atomic E-state index is 14.9. The third-order valence-electron chi connectivity index (χ3n) is 6.05. The molecule has 0 bridgehead atoms. The van der Waals surface area contributed by atoms with E-state index in [2.05, 4.69) is 12.2 Å². The molecule has 5 nitrogen and oxygen atoms in total. The van der Waals surface area contributed by atoms with E-state index in [1.54, 1.807) is 18.3 Å². The predicted molar refractivity (Wildman–Crippen MR) is 124 cm³/mol. The van der Waals surface area contributed by atoms with Gasteiger partial charge < -0.3 is 15.0 Å². The van der Waals surface area contributed by atoms with E-state index in [1.807, 2.05) is 43.1 Å². The van der Waals surface area contributed by atoms with Gasteiger partial charge >= 0.3 is 0 Å². The molecule has 6 heteroatoms. The maximum Gasteiger partial charge on any atom is 0.262 e. The molecule has 4 rings (SSSR count). The van der Waals surface area contributed by atoms with Crippen LogP contribution in [-0.2, 0) is 0 Å². The third-order valence-corrected chi connectivity index (χ3v) is 6.05. The Balaban J connectivity index is 1.61. The summed E-state index contributed by atoms with van der Waals surface area (Å²) in [5.74, 6) is 0.446. The van der Waals surface area contributed by atoms with E-state index < -0.39 is 0 Å². The zero-order chi connectivity index (χ0) is 22.0. The lowest BCUT2D eigenvalue weighted by Gasteiger charge is -2.20. The minimum atomic E-state index is -0.310. The molecule has 31 heavy (non-hydrogen) atoms. The molecule has 1 saturated heterocycles. The van der Waals surface area contributed by atoms with Crippen LogP contribution < -0.4 is 20.5 Å². The van der Waals surface area contributed by atoms with Crippen molar-refractivity contribution in [2.45, 2.75) is 45.3 Å². The number of benzene rings is 2. The quantitative estimate of drug-likeness (QED) is 0.608. The lowest BCUT2D eigenvalue weighted by Crippen LogP contribution is -2.29. The number of halogens is 1. The van der Waals surface area contributed by atoms with Crippen molar-refractivity contribution < 1.29 is 9.13 Å². The number of anilines is 1. The van der Waals surface area contributed by atoms with E-state index in [-0.39, 0.29) is 17.5 Å². The van der Waals surface area contributed by atoms with Crippen molar-refractivity contribution >= 4 is 16.5 Å². The first-order chi connectivity index (χ1) is 15.0. The number of hydrogen-bond donors (Lipinski definition) is 1. The fourth-order valence-electron chi connectivity index (χ4n) is 4.32. The molecule has 1 fully saturated rings. The van der Waals surface area contributed by atoms with Crippen LogP contribution in [0.1, 0.15) is 33.1 Å². The van der Waals surface area contributed by atoms with Gasteiger partial charge in [-0.1, -0.05) is 13.3 Å². The van der Waals surface area contributed by atoms with Gasteiger partial charge in [0.05, 0.1) is 17.5 Å². The van der Waals surface area contributed by atoms with Gasteiger partial charge in [-0.25, -0.2) is 4.39 Å². The molecule has 2 heterocycles. The number of fused-ring (bicyclic) bond motifs is 1. The highest BCUT2D eigenvalue weighted by Crippen LogP contribution is 2.26. The van der Waals surface area contributed by atoms with Crippen molar-refractivity contribution in [3.63, 3.8) is 0 Å². The fraction of sp³-hybridized carbons (Fsp3) is 0.400. The summed E-state index contributed by atoms with van der Waals surface area (Å²) in [5, 5.41) is 4.64. The van der Waals surface area contributed by atoms with Crippen molar-refractivity contribution in [2.75, 3.05) is 25.0 Å². The Morgan fingerprint density at radius 1 is 1.23 bits per heavy atom. The number of rotatable bonds is 7. The Morgan fingerprint density at radius 3 is 2.77 bits per heavy atom. The number of nitrogens with one attached hydrogen (secondary N) is 1. The lowest BCUT2D eigenvalue weighted by atomic mass is 10.1. The second kappa shape index (κ2) is 9.10. The molecular formula is C25H30FN3O2. The topological polar surface area (TPSA) is 46.5 Å². The summed E-state index contributed by atoms with van der Waals surface area (Å²) >= 11 is 0. The Bertz CT molecular complexity index is 1130. The summed E-state index contributed by atoms with van der Waals surface area (Å²) in [7, 11) is 1.93. The summed E-state index contributed by atoms with van der Waals surface area (Å²) in [6, 6.07) is 12.8. The number of likely N-dealkylation sites (N-methyl/N-ethyl adjacent to an activating group) is 1. The average Bonchev–Trinajstić information content (AvgIpc) is 3.23. The van der Waals surface area contributed by atoms with Crippen LogP contribution in [0.3, 0.4) is 0 Å². The highest BCUT2D eigenvalue weighted by atomic mass is 19.1. The minimum absolute atomic E-state index is 0.128. The Labute approximate surface area is 182 Å². The van der Waals surface area contributed by atoms with E-state index in [0.717, 1.165) is 43.5 Å². The van der Waals surface area contributed by atoms with Crippen LogP contribution in [-0.4, -0.2) is 36.9 Å². The Kier molecular flexibility index (Phi) is 6.28. The van der Waals surface area contributed by atoms with Crippen molar-refractivity contribution in [3.05, 3.63) is 64.8 Å². The van der Waals surface area contributed by atoms with Crippen LogP contribution in [0.4, 0.5) is 10.1 Å². The van der Waals surface area contributed by atoms with Crippen LogP contribution in [0.2, 0.25) is 0 Å². The second-order valence-electron chi connectivity index (χ2n) is 8.31. The van der Waals surface area contributed by atoms with Gasteiger partial charge in [-0.15, -0.1) is 0 Å². The highest BCUT2D eigenvalue weighted by molar-refractivity contribution is 5.83. The van der Waals surface area contributed by atoms with E-state index >= 15 is 0 Å². The first kappa shape index (κ1) is 21.4. The average molecular weight is 424 g/mol. The Morgan fingerprint density at radius 2 is 2.06 bits per heavy atom. The first-order valence-electron chi connectivity index (χ1n) is 11.0. The summed E-state index contributed by atoms with van der Waals surface area (Å²) < 4.78 is 22.3. The van der Waals surface area contributed by atoms with Gasteiger partial charge in [0, 0.05) is 36.8 Å². The molecular weight excluding hydrogens is 393 g/mol. The van der Waals surface area contributed by atoms with Crippen molar-refractivity contribution in [1.82, 2.24) is 9.88 Å². The molecule has 0 aliphatic carbocycles. The molecule has 0 amide bonds. The lowest BCUT2D eigenvalue weighted by molar-refractivity contribution is 0.210. The molecule has 1 aromatic heterocycles. The van der Waals surface area contributed by atoms with Crippen molar-refractivity contribution in [1.29, 1.82) is 0 Å². The second-order valence-corrected chi connectivity index (χ2v) is 8.31. The summed E-state index contributed by atoms with van der Waals surface area (Å²) in [5.41, 5.74) is 0.932. The molecule has 0 radical (unpaired) electrons. The van der Waals surface area contributed by atoms with Crippen LogP contribution >= 0.6 is 0 Å². The van der Waals surface area contributed by atoms with Gasteiger partial charge in [0.2, 0.25) is 0 Å². The van der Waals surface area contributed by atoms with E-state index in [0.29, 0.717) is 22.8 Å². The number of aromatic nitrogens is 1. The Hall–Kier alpha value is -2.86. The van der Waals surface area contributed by atoms with Gasteiger partial charge in [0.25, 0.3) is 5.56 Å². The largest absolute Gasteiger partial charge is 0.491 e. The molecule has 2 aromatic carbocycles. The van der Waals surface area contributed by atoms with Gasteiger partial charge in [-0.3, -0.25) is 9.36 Å². The number of hydrogen-bond acceptors (Lipinski definition) is 4. The van der Waals surface area contributed by atoms with E-state index in [9.17, 15) is 9.18 Å². The summed E-state index contributed by atoms with van der Waals surface area (Å²) in [6.07, 6.45) is 4.86. The minimum Gasteiger partial charge on any atom is -0.491 e. The molecule has 0 spiro atoms. The molecule has 1 N–H and O–H groups in total. The number of ether oxygens (including phenoxy) is 1. The van der Waals surface area contributed by atoms with Crippen LogP contribution in [0.15, 0.2) is 53.5 Å². The molecule has 0 saturated carbocycles. The van der Waals surface area contributed by atoms with E-state index in [4.69, 9.17) is 4.74 Å². The predicted octanol–water partition coefficient (Wildman–Crippen LogP) is 4.50. The monoisotopic (exact) mass is 423 g/mol. The van der Waals surface area contributed by atoms with E-state index in [1.165, 1.54) is 10.6 Å². The maximum absolute atomic E-state index is 14.9. The van der Waals surface area contributed by atoms with Crippen LogP contribution in [0, 0.1) is 5.82 Å². The van der Waals surface area contributed by atoms with Crippen molar-refractivity contribution in [3.8, 4) is 11.4 Å². The standard InChI is InChI=1S/C25H30FN3O2/c1-4-5-17(2)31-21-7-8-22-18(14-21)10-13-29(25(22)30)20-6-9-24(23(26)15-20)28-12-11-19(16-28)27-3/h6-10,13-15,17,19,27H,4-5,11-12,16H2,1-3H3/t17?,19-/m1/s1. The molecule has 164 valence electrons. The number of nitrogens with zero attached hydrogens (tertiary/aromatic N) is 2. The molecule has 1 aliphatic rings. The SMILES string of the molecule is CCCC(C)Oc1ccc2c(=O)n(-c3ccc(N4CC[C@@H](NC)C4)c(F)c3)ccc2c1. The molecule has 1 unspecified atom stereocenters. The summed E-state index contributed by atoms with van der Waals surface area (Å²) in [6.45, 7) is 5.77. The molecule has 2 atom stereocenters. The van der Waals surface area contributed by atoms with Gasteiger partial charge in [-0.05, 0) is 68.6 Å². The zero-order valence-corrected chi connectivity index (χ0v) is 18.4. The first-order valence-corrected chi connectivity index (χ1v) is 11.0. The fourth-order valence-corrected chi connectivity index (χ4v) is 4.32. The highest BCUT2D eigenvalue weighted by Gasteiger charge is 2.23. The molecule has 1 aliphatic heterocycles. The molecule has 3 aromatic rings. The smallest absolute Gasteiger partial charge is 0.262 e. The van der Waals surface area contributed by atoms with Gasteiger partial charge in [0.1, 0.15) is 11.6 Å². The van der Waals surface area contributed by atoms with Crippen LogP contribution in [0.5, 0.6) is 5.75 Å². The normalized spacial score (nSPS) is 17.3. The van der Waals surface area contributed by atoms with Crippen LogP contribution in [0.25, 0.3) is 16.5 Å². The third kappa shape index (κ3) is 4.44. The number of pyridine rings is 1. The zero-order valence-electron chi connectivity index (χ0n) is 18.4. The van der Waals surface area contributed by atoms with Gasteiger partial charge in [0.15, 0.2) is 0 Å². The van der Waals surface area contributed by atoms with Crippen molar-refractivity contribution in [2.24, 2.45) is 0 Å². The van der Waals surface area contributed by atoms with Gasteiger partial charge in [-0.2, -0.15) is 0 Å². The summed E-state index contributed by atoms with van der Waals surface area (Å²) in [4.78, 5) is 15.1.